The minimum atomic E-state index is -0.410. The Morgan fingerprint density at radius 3 is 2.50 bits per heavy atom. The maximum absolute atomic E-state index is 13.0. The first kappa shape index (κ1) is 18.1. The van der Waals surface area contributed by atoms with Crippen LogP contribution in [0, 0.1) is 11.2 Å². The summed E-state index contributed by atoms with van der Waals surface area (Å²) in [5.74, 6) is -0.334. The second-order valence-corrected chi connectivity index (χ2v) is 6.34. The standard InChI is InChI=1S/C17H25FN2O2/c1-17(2,3)16(22)20-10-5-8-15(21)19-11-9-13-6-4-7-14(18)12-13/h4,6-7,12H,5,8-11H2,1-3H3,(H,19,21)(H,20,22). The zero-order valence-electron chi connectivity index (χ0n) is 13.5. The first-order chi connectivity index (χ1) is 10.3. The van der Waals surface area contributed by atoms with E-state index in [1.165, 1.54) is 12.1 Å². The lowest BCUT2D eigenvalue weighted by molar-refractivity contribution is -0.128. The molecular formula is C17H25FN2O2. The van der Waals surface area contributed by atoms with Crippen molar-refractivity contribution in [3.05, 3.63) is 35.6 Å². The first-order valence-corrected chi connectivity index (χ1v) is 7.58. The third kappa shape index (κ3) is 7.20. The number of benzene rings is 1. The molecule has 0 aliphatic carbocycles. The Balaban J connectivity index is 2.13. The number of halogens is 1. The summed E-state index contributed by atoms with van der Waals surface area (Å²) in [5.41, 5.74) is 0.450. The summed E-state index contributed by atoms with van der Waals surface area (Å²) in [4.78, 5) is 23.3. The molecule has 1 aromatic carbocycles. The lowest BCUT2D eigenvalue weighted by Crippen LogP contribution is -2.35. The van der Waals surface area contributed by atoms with E-state index in [4.69, 9.17) is 0 Å². The van der Waals surface area contributed by atoms with Gasteiger partial charge in [-0.05, 0) is 30.5 Å². The average Bonchev–Trinajstić information content (AvgIpc) is 2.42. The van der Waals surface area contributed by atoms with Gasteiger partial charge >= 0.3 is 0 Å². The van der Waals surface area contributed by atoms with Crippen LogP contribution in [0.5, 0.6) is 0 Å². The molecule has 1 rings (SSSR count). The molecule has 0 bridgehead atoms. The smallest absolute Gasteiger partial charge is 0.225 e. The molecule has 0 heterocycles. The summed E-state index contributed by atoms with van der Waals surface area (Å²) in [7, 11) is 0. The monoisotopic (exact) mass is 308 g/mol. The molecule has 0 spiro atoms. The molecule has 0 unspecified atom stereocenters. The normalized spacial score (nSPS) is 11.1. The van der Waals surface area contributed by atoms with Gasteiger partial charge in [0, 0.05) is 24.9 Å². The van der Waals surface area contributed by atoms with Crippen LogP contribution in [0.15, 0.2) is 24.3 Å². The molecule has 22 heavy (non-hydrogen) atoms. The fraction of sp³-hybridized carbons (Fsp3) is 0.529. The van der Waals surface area contributed by atoms with Gasteiger partial charge in [0.1, 0.15) is 5.82 Å². The average molecular weight is 308 g/mol. The number of rotatable bonds is 7. The highest BCUT2D eigenvalue weighted by Gasteiger charge is 2.20. The number of carbonyl (C=O) groups is 2. The van der Waals surface area contributed by atoms with Gasteiger partial charge in [-0.3, -0.25) is 9.59 Å². The van der Waals surface area contributed by atoms with Crippen LogP contribution in [0.4, 0.5) is 4.39 Å². The minimum Gasteiger partial charge on any atom is -0.356 e. The highest BCUT2D eigenvalue weighted by molar-refractivity contribution is 5.81. The Morgan fingerprint density at radius 1 is 1.14 bits per heavy atom. The van der Waals surface area contributed by atoms with Gasteiger partial charge in [0.05, 0.1) is 0 Å². The predicted octanol–water partition coefficient (Wildman–Crippen LogP) is 2.43. The molecule has 0 atom stereocenters. The van der Waals surface area contributed by atoms with Crippen molar-refractivity contribution in [3.63, 3.8) is 0 Å². The zero-order valence-corrected chi connectivity index (χ0v) is 13.5. The highest BCUT2D eigenvalue weighted by atomic mass is 19.1. The Kier molecular flexibility index (Phi) is 7.02. The number of nitrogens with one attached hydrogen (secondary N) is 2. The molecule has 0 aliphatic heterocycles. The molecule has 0 aromatic heterocycles. The summed E-state index contributed by atoms with van der Waals surface area (Å²) in [6.45, 7) is 6.52. The Hall–Kier alpha value is -1.91. The molecule has 0 radical (unpaired) electrons. The van der Waals surface area contributed by atoms with E-state index in [2.05, 4.69) is 10.6 Å². The lowest BCUT2D eigenvalue weighted by atomic mass is 9.96. The largest absolute Gasteiger partial charge is 0.356 e. The maximum Gasteiger partial charge on any atom is 0.225 e. The van der Waals surface area contributed by atoms with Crippen LogP contribution in [0.3, 0.4) is 0 Å². The predicted molar refractivity (Wildman–Crippen MR) is 84.8 cm³/mol. The second kappa shape index (κ2) is 8.51. The zero-order chi connectivity index (χ0) is 16.6. The van der Waals surface area contributed by atoms with E-state index in [0.717, 1.165) is 5.56 Å². The van der Waals surface area contributed by atoms with Crippen molar-refractivity contribution in [2.24, 2.45) is 5.41 Å². The summed E-state index contributed by atoms with van der Waals surface area (Å²) < 4.78 is 13.0. The number of carbonyl (C=O) groups excluding carboxylic acids is 2. The van der Waals surface area contributed by atoms with E-state index < -0.39 is 5.41 Å². The molecular weight excluding hydrogens is 283 g/mol. The summed E-state index contributed by atoms with van der Waals surface area (Å²) in [5, 5.41) is 5.60. The molecule has 4 nitrogen and oxygen atoms in total. The van der Waals surface area contributed by atoms with Gasteiger partial charge < -0.3 is 10.6 Å². The van der Waals surface area contributed by atoms with Gasteiger partial charge in [-0.15, -0.1) is 0 Å². The van der Waals surface area contributed by atoms with Crippen molar-refractivity contribution in [1.82, 2.24) is 10.6 Å². The second-order valence-electron chi connectivity index (χ2n) is 6.34. The van der Waals surface area contributed by atoms with E-state index in [1.807, 2.05) is 26.8 Å². The van der Waals surface area contributed by atoms with Crippen molar-refractivity contribution in [2.45, 2.75) is 40.0 Å². The third-order valence-corrected chi connectivity index (χ3v) is 3.17. The molecule has 122 valence electrons. The Bertz CT molecular complexity index is 510. The Morgan fingerprint density at radius 2 is 1.86 bits per heavy atom. The molecule has 5 heteroatoms. The van der Waals surface area contributed by atoms with Gasteiger partial charge in [0.25, 0.3) is 0 Å². The van der Waals surface area contributed by atoms with E-state index in [0.29, 0.717) is 32.4 Å². The van der Waals surface area contributed by atoms with Crippen LogP contribution in [0.2, 0.25) is 0 Å². The Labute approximate surface area is 131 Å². The lowest BCUT2D eigenvalue weighted by Gasteiger charge is -2.17. The van der Waals surface area contributed by atoms with Crippen LogP contribution in [-0.2, 0) is 16.0 Å². The van der Waals surface area contributed by atoms with E-state index >= 15 is 0 Å². The number of hydrogen-bond acceptors (Lipinski definition) is 2. The fourth-order valence-corrected chi connectivity index (χ4v) is 1.84. The maximum atomic E-state index is 13.0. The topological polar surface area (TPSA) is 58.2 Å². The van der Waals surface area contributed by atoms with Crippen LogP contribution in [0.1, 0.15) is 39.2 Å². The summed E-state index contributed by atoms with van der Waals surface area (Å²) in [6.07, 6.45) is 1.57. The van der Waals surface area contributed by atoms with Crippen molar-refractivity contribution in [1.29, 1.82) is 0 Å². The molecule has 0 saturated heterocycles. The summed E-state index contributed by atoms with van der Waals surface area (Å²) >= 11 is 0. The number of amides is 2. The van der Waals surface area contributed by atoms with Crippen molar-refractivity contribution in [3.8, 4) is 0 Å². The van der Waals surface area contributed by atoms with Gasteiger partial charge in [0.15, 0.2) is 0 Å². The van der Waals surface area contributed by atoms with Crippen LogP contribution in [-0.4, -0.2) is 24.9 Å². The highest BCUT2D eigenvalue weighted by Crippen LogP contribution is 2.12. The first-order valence-electron chi connectivity index (χ1n) is 7.58. The van der Waals surface area contributed by atoms with Crippen molar-refractivity contribution in [2.75, 3.05) is 13.1 Å². The molecule has 2 N–H and O–H groups in total. The fourth-order valence-electron chi connectivity index (χ4n) is 1.84. The van der Waals surface area contributed by atoms with E-state index in [-0.39, 0.29) is 17.6 Å². The van der Waals surface area contributed by atoms with Gasteiger partial charge in [-0.1, -0.05) is 32.9 Å². The molecule has 0 aliphatic rings. The van der Waals surface area contributed by atoms with Gasteiger partial charge in [0.2, 0.25) is 11.8 Å². The minimum absolute atomic E-state index is 0.0148. The van der Waals surface area contributed by atoms with Crippen molar-refractivity contribution >= 4 is 11.8 Å². The molecule has 1 aromatic rings. The molecule has 0 fully saturated rings. The van der Waals surface area contributed by atoms with Crippen LogP contribution >= 0.6 is 0 Å². The number of hydrogen-bond donors (Lipinski definition) is 2. The van der Waals surface area contributed by atoms with Crippen molar-refractivity contribution < 1.29 is 14.0 Å². The van der Waals surface area contributed by atoms with Gasteiger partial charge in [-0.2, -0.15) is 0 Å². The van der Waals surface area contributed by atoms with E-state index in [1.54, 1.807) is 6.07 Å². The van der Waals surface area contributed by atoms with E-state index in [9.17, 15) is 14.0 Å². The van der Waals surface area contributed by atoms with Gasteiger partial charge in [-0.25, -0.2) is 4.39 Å². The molecule has 2 amide bonds. The third-order valence-electron chi connectivity index (χ3n) is 3.17. The van der Waals surface area contributed by atoms with Crippen LogP contribution < -0.4 is 10.6 Å². The summed E-state index contributed by atoms with van der Waals surface area (Å²) in [6, 6.07) is 6.35. The molecule has 0 saturated carbocycles. The van der Waals surface area contributed by atoms with Crippen LogP contribution in [0.25, 0.3) is 0 Å². The SMILES string of the molecule is CC(C)(C)C(=O)NCCCC(=O)NCCc1cccc(F)c1. The quantitative estimate of drug-likeness (QED) is 0.760.